The summed E-state index contributed by atoms with van der Waals surface area (Å²) in [6.07, 6.45) is 5.93. The number of carbonyl (C=O) groups is 1. The third kappa shape index (κ3) is 4.00. The SMILES string of the molecule is C#CCN(CC#C)c1c(C(=O)C(C)C)c(=O)[nH]c2c(C(F)(F)F)cc(Cl)cc12. The number of pyridine rings is 1. The zero-order chi connectivity index (χ0) is 21.2. The van der Waals surface area contributed by atoms with Crippen LogP contribution in [0, 0.1) is 30.6 Å². The van der Waals surface area contributed by atoms with Gasteiger partial charge in [-0.15, -0.1) is 12.8 Å². The Morgan fingerprint density at radius 2 is 1.82 bits per heavy atom. The Morgan fingerprint density at radius 3 is 2.29 bits per heavy atom. The quantitative estimate of drug-likeness (QED) is 0.598. The molecule has 0 aliphatic carbocycles. The second kappa shape index (κ2) is 8.00. The molecule has 0 unspecified atom stereocenters. The number of terminal acetylenes is 2. The molecule has 0 aliphatic heterocycles. The van der Waals surface area contributed by atoms with Crippen LogP contribution in [-0.4, -0.2) is 23.9 Å². The second-order valence-electron chi connectivity index (χ2n) is 6.33. The van der Waals surface area contributed by atoms with Crippen molar-refractivity contribution in [1.82, 2.24) is 4.98 Å². The molecule has 0 aliphatic rings. The minimum atomic E-state index is -4.78. The number of hydrogen-bond acceptors (Lipinski definition) is 3. The highest BCUT2D eigenvalue weighted by Crippen LogP contribution is 2.39. The van der Waals surface area contributed by atoms with Crippen LogP contribution in [0.1, 0.15) is 29.8 Å². The van der Waals surface area contributed by atoms with E-state index in [4.69, 9.17) is 24.4 Å². The molecular weight excluding hydrogens is 393 g/mol. The van der Waals surface area contributed by atoms with Gasteiger partial charge in [0.25, 0.3) is 5.56 Å². The zero-order valence-corrected chi connectivity index (χ0v) is 15.8. The summed E-state index contributed by atoms with van der Waals surface area (Å²) in [7, 11) is 0. The van der Waals surface area contributed by atoms with Crippen molar-refractivity contribution in [2.45, 2.75) is 20.0 Å². The first kappa shape index (κ1) is 21.4. The van der Waals surface area contributed by atoms with Gasteiger partial charge in [0.15, 0.2) is 5.78 Å². The van der Waals surface area contributed by atoms with Gasteiger partial charge in [-0.1, -0.05) is 37.3 Å². The van der Waals surface area contributed by atoms with E-state index in [1.54, 1.807) is 13.8 Å². The predicted molar refractivity (Wildman–Crippen MR) is 104 cm³/mol. The predicted octanol–water partition coefficient (Wildman–Crippen LogP) is 4.11. The van der Waals surface area contributed by atoms with E-state index in [1.807, 2.05) is 0 Å². The number of aromatic nitrogens is 1. The highest BCUT2D eigenvalue weighted by atomic mass is 35.5. The van der Waals surface area contributed by atoms with Gasteiger partial charge in [0.05, 0.1) is 29.9 Å². The van der Waals surface area contributed by atoms with Crippen molar-refractivity contribution < 1.29 is 18.0 Å². The van der Waals surface area contributed by atoms with E-state index in [2.05, 4.69) is 16.8 Å². The van der Waals surface area contributed by atoms with E-state index in [1.165, 1.54) is 11.0 Å². The largest absolute Gasteiger partial charge is 0.418 e. The van der Waals surface area contributed by atoms with Gasteiger partial charge in [0, 0.05) is 16.3 Å². The van der Waals surface area contributed by atoms with Gasteiger partial charge >= 0.3 is 6.18 Å². The summed E-state index contributed by atoms with van der Waals surface area (Å²) in [5.41, 5.74) is -2.92. The van der Waals surface area contributed by atoms with Gasteiger partial charge < -0.3 is 9.88 Å². The standard InChI is InChI=1S/C20H16ClF3N2O2/c1-5-7-26(8-6-2)17-13-9-12(21)10-14(20(22,23)24)16(13)25-19(28)15(17)18(27)11(3)4/h1-2,9-11H,7-8H2,3-4H3,(H,25,28). The second-order valence-corrected chi connectivity index (χ2v) is 6.77. The maximum Gasteiger partial charge on any atom is 0.418 e. The molecule has 1 N–H and O–H groups in total. The van der Waals surface area contributed by atoms with Gasteiger partial charge in [0.2, 0.25) is 0 Å². The Bertz CT molecular complexity index is 1060. The molecule has 0 fully saturated rings. The number of benzene rings is 1. The van der Waals surface area contributed by atoms with Crippen LogP contribution in [0.15, 0.2) is 16.9 Å². The van der Waals surface area contributed by atoms with Crippen molar-refractivity contribution >= 4 is 34.0 Å². The third-order valence-corrected chi connectivity index (χ3v) is 4.24. The van der Waals surface area contributed by atoms with Gasteiger partial charge in [-0.25, -0.2) is 0 Å². The average molecular weight is 409 g/mol. The molecule has 1 aromatic heterocycles. The van der Waals surface area contributed by atoms with Gasteiger partial charge in [-0.2, -0.15) is 13.2 Å². The molecule has 1 aromatic carbocycles. The number of fused-ring (bicyclic) bond motifs is 1. The van der Waals surface area contributed by atoms with Crippen LogP contribution in [0.4, 0.5) is 18.9 Å². The summed E-state index contributed by atoms with van der Waals surface area (Å²) in [6, 6.07) is 1.95. The molecule has 2 rings (SSSR count). The number of nitrogens with one attached hydrogen (secondary N) is 1. The molecule has 28 heavy (non-hydrogen) atoms. The van der Waals surface area contributed by atoms with Crippen LogP contribution < -0.4 is 10.5 Å². The zero-order valence-electron chi connectivity index (χ0n) is 15.1. The van der Waals surface area contributed by atoms with Crippen molar-refractivity contribution in [3.05, 3.63) is 38.6 Å². The normalized spacial score (nSPS) is 11.3. The molecule has 4 nitrogen and oxygen atoms in total. The van der Waals surface area contributed by atoms with Crippen LogP contribution in [0.25, 0.3) is 10.9 Å². The molecular formula is C20H16ClF3N2O2. The lowest BCUT2D eigenvalue weighted by atomic mass is 9.96. The fourth-order valence-corrected chi connectivity index (χ4v) is 3.07. The van der Waals surface area contributed by atoms with Crippen LogP contribution in [0.5, 0.6) is 0 Å². The highest BCUT2D eigenvalue weighted by Gasteiger charge is 2.35. The summed E-state index contributed by atoms with van der Waals surface area (Å²) in [4.78, 5) is 28.9. The van der Waals surface area contributed by atoms with Gasteiger partial charge in [0.1, 0.15) is 5.56 Å². The fourth-order valence-electron chi connectivity index (χ4n) is 2.85. The highest BCUT2D eigenvalue weighted by molar-refractivity contribution is 6.31. The lowest BCUT2D eigenvalue weighted by molar-refractivity contribution is -0.136. The molecule has 8 heteroatoms. The molecule has 0 bridgehead atoms. The molecule has 146 valence electrons. The molecule has 0 spiro atoms. The van der Waals surface area contributed by atoms with Crippen molar-refractivity contribution in [3.63, 3.8) is 0 Å². The number of halogens is 4. The van der Waals surface area contributed by atoms with Crippen molar-refractivity contribution in [3.8, 4) is 24.7 Å². The molecule has 0 amide bonds. The lowest BCUT2D eigenvalue weighted by Crippen LogP contribution is -2.32. The van der Waals surface area contributed by atoms with Gasteiger partial charge in [-0.3, -0.25) is 9.59 Å². The van der Waals surface area contributed by atoms with Crippen molar-refractivity contribution in [2.75, 3.05) is 18.0 Å². The first-order chi connectivity index (χ1) is 13.0. The first-order valence-electron chi connectivity index (χ1n) is 8.15. The average Bonchev–Trinajstić information content (AvgIpc) is 2.59. The van der Waals surface area contributed by atoms with E-state index in [0.717, 1.165) is 0 Å². The Morgan fingerprint density at radius 1 is 1.25 bits per heavy atom. The van der Waals surface area contributed by atoms with E-state index in [0.29, 0.717) is 6.07 Å². The van der Waals surface area contributed by atoms with Crippen molar-refractivity contribution in [2.24, 2.45) is 5.92 Å². The Kier molecular flexibility index (Phi) is 6.11. The summed E-state index contributed by atoms with van der Waals surface area (Å²) < 4.78 is 40.6. The number of alkyl halides is 3. The lowest BCUT2D eigenvalue weighted by Gasteiger charge is -2.25. The molecule has 0 atom stereocenters. The number of carbonyl (C=O) groups excluding carboxylic acids is 1. The molecule has 1 heterocycles. The minimum Gasteiger partial charge on any atom is -0.348 e. The van der Waals surface area contributed by atoms with Gasteiger partial charge in [-0.05, 0) is 12.1 Å². The van der Waals surface area contributed by atoms with E-state index < -0.39 is 34.5 Å². The minimum absolute atomic E-state index is 0.0543. The number of Topliss-reactive ketones (excluding diaryl/α,β-unsaturated/α-hetero) is 1. The summed E-state index contributed by atoms with van der Waals surface area (Å²) in [5.74, 6) is 3.55. The van der Waals surface area contributed by atoms with Crippen molar-refractivity contribution in [1.29, 1.82) is 0 Å². The van der Waals surface area contributed by atoms with Crippen LogP contribution in [0.2, 0.25) is 5.02 Å². The van der Waals surface area contributed by atoms with Crippen LogP contribution >= 0.6 is 11.6 Å². The Labute approximate surface area is 164 Å². The molecule has 0 saturated carbocycles. The fraction of sp³-hybridized carbons (Fsp3) is 0.300. The number of aromatic amines is 1. The number of anilines is 1. The Balaban J connectivity index is 3.10. The van der Waals surface area contributed by atoms with Crippen LogP contribution in [-0.2, 0) is 6.18 Å². The number of nitrogens with zero attached hydrogens (tertiary/aromatic N) is 1. The monoisotopic (exact) mass is 408 g/mol. The number of ketones is 1. The summed E-state index contributed by atoms with van der Waals surface area (Å²) in [6.45, 7) is 2.91. The maximum atomic E-state index is 13.5. The maximum absolute atomic E-state index is 13.5. The first-order valence-corrected chi connectivity index (χ1v) is 8.53. The van der Waals surface area contributed by atoms with E-state index in [9.17, 15) is 22.8 Å². The summed E-state index contributed by atoms with van der Waals surface area (Å²) in [5, 5.41) is -0.272. The molecule has 0 radical (unpaired) electrons. The summed E-state index contributed by atoms with van der Waals surface area (Å²) >= 11 is 5.92. The third-order valence-electron chi connectivity index (χ3n) is 4.02. The number of rotatable bonds is 5. The molecule has 0 saturated heterocycles. The smallest absolute Gasteiger partial charge is 0.348 e. The number of hydrogen-bond donors (Lipinski definition) is 1. The Hall–Kier alpha value is -2.90. The number of H-pyrrole nitrogens is 1. The van der Waals surface area contributed by atoms with Crippen LogP contribution in [0.3, 0.4) is 0 Å². The van der Waals surface area contributed by atoms with E-state index >= 15 is 0 Å². The topological polar surface area (TPSA) is 53.2 Å². The molecule has 2 aromatic rings. The van der Waals surface area contributed by atoms with E-state index in [-0.39, 0.29) is 34.7 Å².